The third kappa shape index (κ3) is 5.64. The van der Waals surface area contributed by atoms with E-state index in [0.29, 0.717) is 12.0 Å². The Bertz CT molecular complexity index is 1140. The molecule has 1 aromatic heterocycles. The number of rotatable bonds is 8. The van der Waals surface area contributed by atoms with Gasteiger partial charge in [-0.1, -0.05) is 24.3 Å². The van der Waals surface area contributed by atoms with Crippen LogP contribution in [0.1, 0.15) is 42.1 Å². The number of nitrogens with zero attached hydrogens (tertiary/aromatic N) is 3. The molecule has 34 heavy (non-hydrogen) atoms. The number of piperidine rings is 1. The Balaban J connectivity index is 1.45. The Hall–Kier alpha value is -3.63. The van der Waals surface area contributed by atoms with Gasteiger partial charge in [0, 0.05) is 19.5 Å². The monoisotopic (exact) mass is 457 g/mol. The Kier molecular flexibility index (Phi) is 7.29. The van der Waals surface area contributed by atoms with Crippen LogP contribution >= 0.6 is 0 Å². The Morgan fingerprint density at radius 3 is 2.82 bits per heavy atom. The zero-order valence-electron chi connectivity index (χ0n) is 19.8. The number of carbonyl (C=O) groups is 1. The largest absolute Gasteiger partial charge is 0.497 e. The third-order valence-corrected chi connectivity index (χ3v) is 6.55. The highest BCUT2D eigenvalue weighted by Gasteiger charge is 2.34. The van der Waals surface area contributed by atoms with Crippen molar-refractivity contribution in [2.45, 2.75) is 38.3 Å². The molecule has 4 rings (SSSR count). The lowest BCUT2D eigenvalue weighted by molar-refractivity contribution is -0.128. The average Bonchev–Trinajstić information content (AvgIpc) is 3.41. The highest BCUT2D eigenvalue weighted by molar-refractivity contribution is 5.80. The van der Waals surface area contributed by atoms with E-state index in [4.69, 9.17) is 10.00 Å². The average molecular weight is 458 g/mol. The van der Waals surface area contributed by atoms with Gasteiger partial charge in [-0.2, -0.15) is 5.26 Å². The van der Waals surface area contributed by atoms with Crippen molar-refractivity contribution in [2.24, 2.45) is 5.92 Å². The summed E-state index contributed by atoms with van der Waals surface area (Å²) in [6.45, 7) is 4.51. The van der Waals surface area contributed by atoms with E-state index in [0.717, 1.165) is 49.5 Å². The maximum Gasteiger partial charge on any atom is 0.225 e. The van der Waals surface area contributed by atoms with Crippen LogP contribution in [0.25, 0.3) is 0 Å². The summed E-state index contributed by atoms with van der Waals surface area (Å²) in [4.78, 5) is 23.2. The van der Waals surface area contributed by atoms with Crippen LogP contribution < -0.4 is 10.1 Å². The van der Waals surface area contributed by atoms with Crippen molar-refractivity contribution < 1.29 is 9.53 Å². The summed E-state index contributed by atoms with van der Waals surface area (Å²) in [6.07, 6.45) is 5.84. The van der Waals surface area contributed by atoms with Gasteiger partial charge in [-0.25, -0.2) is 4.98 Å². The molecule has 2 aromatic carbocycles. The highest BCUT2D eigenvalue weighted by Crippen LogP contribution is 2.27. The smallest absolute Gasteiger partial charge is 0.225 e. The second-order valence-electron chi connectivity index (χ2n) is 9.20. The molecule has 0 bridgehead atoms. The molecule has 1 aliphatic rings. The van der Waals surface area contributed by atoms with Gasteiger partial charge >= 0.3 is 0 Å². The minimum atomic E-state index is -0.642. The maximum atomic E-state index is 13.5. The first-order valence-corrected chi connectivity index (χ1v) is 11.6. The number of ether oxygens (including phenoxy) is 1. The lowest BCUT2D eigenvalue weighted by atomic mass is 9.87. The summed E-state index contributed by atoms with van der Waals surface area (Å²) < 4.78 is 5.35. The molecule has 7 nitrogen and oxygen atoms in total. The van der Waals surface area contributed by atoms with E-state index in [1.54, 1.807) is 19.6 Å². The van der Waals surface area contributed by atoms with Gasteiger partial charge in [0.25, 0.3) is 0 Å². The fourth-order valence-electron chi connectivity index (χ4n) is 4.69. The molecule has 2 N–H and O–H groups in total. The second kappa shape index (κ2) is 10.5. The minimum Gasteiger partial charge on any atom is -0.497 e. The van der Waals surface area contributed by atoms with E-state index in [2.05, 4.69) is 38.4 Å². The van der Waals surface area contributed by atoms with Crippen molar-refractivity contribution >= 4 is 5.91 Å². The van der Waals surface area contributed by atoms with Crippen molar-refractivity contribution in [1.29, 1.82) is 5.26 Å². The quantitative estimate of drug-likeness (QED) is 0.537. The molecule has 0 saturated carbocycles. The van der Waals surface area contributed by atoms with Crippen LogP contribution in [0, 0.1) is 17.2 Å². The molecular formula is C27H31N5O2. The fraction of sp³-hybridized carbons (Fsp3) is 0.370. The number of benzene rings is 2. The van der Waals surface area contributed by atoms with Gasteiger partial charge in [0.1, 0.15) is 5.75 Å². The predicted molar refractivity (Wildman–Crippen MR) is 130 cm³/mol. The van der Waals surface area contributed by atoms with Crippen molar-refractivity contribution in [3.05, 3.63) is 83.4 Å². The standard InChI is InChI=1S/C27H31N5O2/c1-27(25-16-29-19-30-25,14-20-8-10-21(15-28)11-9-20)31-26(33)23-6-4-12-32(18-23)17-22-5-3-7-24(13-22)34-2/h3,5,7-11,13,16,19,23H,4,6,12,14,17-18H2,1-2H3,(H,29,30)(H,31,33)/t23-,27?/m0/s1. The molecule has 1 unspecified atom stereocenters. The zero-order chi connectivity index (χ0) is 24.0. The zero-order valence-corrected chi connectivity index (χ0v) is 19.8. The molecule has 1 saturated heterocycles. The molecule has 0 aliphatic carbocycles. The molecule has 3 aromatic rings. The molecule has 7 heteroatoms. The molecule has 2 atom stereocenters. The number of H-pyrrole nitrogens is 1. The topological polar surface area (TPSA) is 94.0 Å². The van der Waals surface area contributed by atoms with Gasteiger partial charge in [-0.15, -0.1) is 0 Å². The van der Waals surface area contributed by atoms with Gasteiger partial charge in [-0.3, -0.25) is 9.69 Å². The number of methoxy groups -OCH3 is 1. The molecule has 1 aliphatic heterocycles. The molecule has 0 spiro atoms. The van der Waals surface area contributed by atoms with Crippen molar-refractivity contribution in [3.63, 3.8) is 0 Å². The summed E-state index contributed by atoms with van der Waals surface area (Å²) in [6, 6.07) is 17.7. The summed E-state index contributed by atoms with van der Waals surface area (Å²) in [5.41, 5.74) is 3.06. The molecule has 2 heterocycles. The van der Waals surface area contributed by atoms with Gasteiger partial charge in [0.15, 0.2) is 0 Å². The lowest BCUT2D eigenvalue weighted by Crippen LogP contribution is -2.51. The van der Waals surface area contributed by atoms with Gasteiger partial charge in [0.2, 0.25) is 5.91 Å². The van der Waals surface area contributed by atoms with Crippen LogP contribution in [-0.4, -0.2) is 41.0 Å². The Morgan fingerprint density at radius 1 is 1.29 bits per heavy atom. The van der Waals surface area contributed by atoms with E-state index >= 15 is 0 Å². The summed E-state index contributed by atoms with van der Waals surface area (Å²) >= 11 is 0. The van der Waals surface area contributed by atoms with E-state index in [1.165, 1.54) is 5.56 Å². The summed E-state index contributed by atoms with van der Waals surface area (Å²) in [5.74, 6) is 0.825. The molecule has 0 radical (unpaired) electrons. The van der Waals surface area contributed by atoms with Crippen molar-refractivity contribution in [1.82, 2.24) is 20.2 Å². The van der Waals surface area contributed by atoms with Crippen LogP contribution in [0.15, 0.2) is 61.1 Å². The van der Waals surface area contributed by atoms with Crippen LogP contribution in [0.3, 0.4) is 0 Å². The number of amides is 1. The second-order valence-corrected chi connectivity index (χ2v) is 9.20. The minimum absolute atomic E-state index is 0.0566. The fourth-order valence-corrected chi connectivity index (χ4v) is 4.69. The normalized spacial score (nSPS) is 18.0. The Labute approximate surface area is 200 Å². The number of nitrogens with one attached hydrogen (secondary N) is 2. The van der Waals surface area contributed by atoms with Crippen LogP contribution in [0.2, 0.25) is 0 Å². The van der Waals surface area contributed by atoms with Gasteiger partial charge < -0.3 is 15.0 Å². The SMILES string of the molecule is COc1cccc(CN2CCC[C@H](C(=O)NC(C)(Cc3ccc(C#N)cc3)c3cnc[nH]3)C2)c1. The number of hydrogen-bond donors (Lipinski definition) is 2. The lowest BCUT2D eigenvalue weighted by Gasteiger charge is -2.36. The van der Waals surface area contributed by atoms with Gasteiger partial charge in [0.05, 0.1) is 48.4 Å². The number of nitriles is 1. The molecule has 1 fully saturated rings. The van der Waals surface area contributed by atoms with Crippen LogP contribution in [-0.2, 0) is 23.3 Å². The van der Waals surface area contributed by atoms with Crippen molar-refractivity contribution in [2.75, 3.05) is 20.2 Å². The van der Waals surface area contributed by atoms with Gasteiger partial charge in [-0.05, 0) is 61.7 Å². The van der Waals surface area contributed by atoms with E-state index in [-0.39, 0.29) is 11.8 Å². The molecule has 1 amide bonds. The number of aromatic nitrogens is 2. The number of hydrogen-bond acceptors (Lipinski definition) is 5. The van der Waals surface area contributed by atoms with Crippen LogP contribution in [0.4, 0.5) is 0 Å². The number of aromatic amines is 1. The van der Waals surface area contributed by atoms with Crippen molar-refractivity contribution in [3.8, 4) is 11.8 Å². The summed E-state index contributed by atoms with van der Waals surface area (Å²) in [5, 5.41) is 12.4. The number of imidazole rings is 1. The summed E-state index contributed by atoms with van der Waals surface area (Å²) in [7, 11) is 1.68. The van der Waals surface area contributed by atoms with E-state index in [1.807, 2.05) is 43.3 Å². The first-order chi connectivity index (χ1) is 16.5. The molecule has 176 valence electrons. The molecular weight excluding hydrogens is 426 g/mol. The van der Waals surface area contributed by atoms with E-state index < -0.39 is 5.54 Å². The van der Waals surface area contributed by atoms with E-state index in [9.17, 15) is 4.79 Å². The Morgan fingerprint density at radius 2 is 2.12 bits per heavy atom. The first-order valence-electron chi connectivity index (χ1n) is 11.6. The van der Waals surface area contributed by atoms with Crippen LogP contribution in [0.5, 0.6) is 5.75 Å². The predicted octanol–water partition coefficient (Wildman–Crippen LogP) is 3.78. The number of carbonyl (C=O) groups excluding carboxylic acids is 1. The first kappa shape index (κ1) is 23.5. The third-order valence-electron chi connectivity index (χ3n) is 6.55. The number of likely N-dealkylation sites (tertiary alicyclic amines) is 1. The maximum absolute atomic E-state index is 13.5. The highest BCUT2D eigenvalue weighted by atomic mass is 16.5.